The number of hydrogen-bond acceptors (Lipinski definition) is 5. The summed E-state index contributed by atoms with van der Waals surface area (Å²) in [5.74, 6) is -2.09. The van der Waals surface area contributed by atoms with E-state index in [1.165, 1.54) is 23.0 Å². The highest BCUT2D eigenvalue weighted by Gasteiger charge is 2.21. The van der Waals surface area contributed by atoms with Crippen LogP contribution in [0.25, 0.3) is 17.1 Å². The molecule has 10 heteroatoms. The van der Waals surface area contributed by atoms with Gasteiger partial charge in [0.2, 0.25) is 0 Å². The van der Waals surface area contributed by atoms with Gasteiger partial charge >= 0.3 is 5.97 Å². The standard InChI is InChI=1S/C15H12FN3O4S2/c1-19-8-17-15-11(19)7-10(9(14(15)16)4-5-12(20)21)18-25(22,23)13-3-2-6-24-13/h2-8,18H,1H3,(H,20,21)/b5-4+. The molecule has 0 unspecified atom stereocenters. The number of fused-ring (bicyclic) bond motifs is 1. The molecule has 0 aliphatic heterocycles. The van der Waals surface area contributed by atoms with Gasteiger partial charge in [-0.3, -0.25) is 4.72 Å². The van der Waals surface area contributed by atoms with Crippen LogP contribution in [-0.4, -0.2) is 29.0 Å². The Kier molecular flexibility index (Phi) is 4.31. The van der Waals surface area contributed by atoms with Crippen molar-refractivity contribution in [3.05, 3.63) is 47.4 Å². The van der Waals surface area contributed by atoms with E-state index in [9.17, 15) is 17.6 Å². The van der Waals surface area contributed by atoms with E-state index in [1.54, 1.807) is 18.5 Å². The second kappa shape index (κ2) is 6.30. The van der Waals surface area contributed by atoms with Crippen molar-refractivity contribution in [3.63, 3.8) is 0 Å². The normalized spacial score (nSPS) is 12.1. The zero-order valence-corrected chi connectivity index (χ0v) is 14.4. The number of nitrogens with one attached hydrogen (secondary N) is 1. The number of carbonyl (C=O) groups is 1. The molecule has 0 aliphatic carbocycles. The summed E-state index contributed by atoms with van der Waals surface area (Å²) in [5, 5.41) is 10.4. The van der Waals surface area contributed by atoms with Gasteiger partial charge in [0.15, 0.2) is 5.82 Å². The summed E-state index contributed by atoms with van der Waals surface area (Å²) in [6.07, 6.45) is 3.12. The summed E-state index contributed by atoms with van der Waals surface area (Å²) in [5.41, 5.74) is 0.119. The molecule has 0 saturated heterocycles. The van der Waals surface area contributed by atoms with Crippen molar-refractivity contribution in [1.82, 2.24) is 9.55 Å². The van der Waals surface area contributed by atoms with E-state index in [-0.39, 0.29) is 21.0 Å². The van der Waals surface area contributed by atoms with Crippen LogP contribution in [0.2, 0.25) is 0 Å². The van der Waals surface area contributed by atoms with E-state index in [4.69, 9.17) is 5.11 Å². The highest BCUT2D eigenvalue weighted by Crippen LogP contribution is 2.31. The van der Waals surface area contributed by atoms with E-state index in [0.717, 1.165) is 23.5 Å². The van der Waals surface area contributed by atoms with Gasteiger partial charge in [0.05, 0.1) is 17.5 Å². The fraction of sp³-hybridized carbons (Fsp3) is 0.0667. The monoisotopic (exact) mass is 381 g/mol. The zero-order chi connectivity index (χ0) is 18.2. The lowest BCUT2D eigenvalue weighted by molar-refractivity contribution is -0.131. The highest BCUT2D eigenvalue weighted by atomic mass is 32.2. The maximum Gasteiger partial charge on any atom is 0.328 e. The molecule has 0 amide bonds. The Labute approximate surface area is 146 Å². The van der Waals surface area contributed by atoms with Gasteiger partial charge in [0, 0.05) is 18.7 Å². The average molecular weight is 381 g/mol. The number of anilines is 1. The Morgan fingerprint density at radius 1 is 1.48 bits per heavy atom. The molecule has 3 rings (SSSR count). The SMILES string of the molecule is Cn1cnc2c(F)c(/C=C/C(=O)O)c(NS(=O)(=O)c3cccs3)cc21. The van der Waals surface area contributed by atoms with Crippen LogP contribution in [-0.2, 0) is 21.9 Å². The van der Waals surface area contributed by atoms with Gasteiger partial charge < -0.3 is 9.67 Å². The highest BCUT2D eigenvalue weighted by molar-refractivity contribution is 7.94. The van der Waals surface area contributed by atoms with E-state index in [0.29, 0.717) is 5.52 Å². The summed E-state index contributed by atoms with van der Waals surface area (Å²) in [4.78, 5) is 14.7. The largest absolute Gasteiger partial charge is 0.478 e. The minimum Gasteiger partial charge on any atom is -0.478 e. The quantitative estimate of drug-likeness (QED) is 0.662. The number of thiophene rings is 1. The summed E-state index contributed by atoms with van der Waals surface area (Å²) >= 11 is 1.01. The van der Waals surface area contributed by atoms with Crippen molar-refractivity contribution < 1.29 is 22.7 Å². The van der Waals surface area contributed by atoms with Gasteiger partial charge in [-0.05, 0) is 23.6 Å². The lowest BCUT2D eigenvalue weighted by Gasteiger charge is -2.11. The molecule has 0 aliphatic rings. The van der Waals surface area contributed by atoms with E-state index < -0.39 is 21.8 Å². The summed E-state index contributed by atoms with van der Waals surface area (Å²) in [7, 11) is -2.28. The Balaban J connectivity index is 2.19. The molecule has 0 fully saturated rings. The third-order valence-corrected chi connectivity index (χ3v) is 6.16. The van der Waals surface area contributed by atoms with Gasteiger partial charge in [-0.2, -0.15) is 0 Å². The second-order valence-electron chi connectivity index (χ2n) is 5.08. The number of aromatic nitrogens is 2. The Hall–Kier alpha value is -2.72. The maximum absolute atomic E-state index is 14.8. The van der Waals surface area contributed by atoms with E-state index in [1.807, 2.05) is 0 Å². The van der Waals surface area contributed by atoms with Crippen LogP contribution in [0.15, 0.2) is 40.2 Å². The molecule has 2 aromatic heterocycles. The molecular weight excluding hydrogens is 369 g/mol. The third kappa shape index (κ3) is 3.26. The molecule has 0 bridgehead atoms. The van der Waals surface area contributed by atoms with Crippen LogP contribution in [0.3, 0.4) is 0 Å². The van der Waals surface area contributed by atoms with Gasteiger partial charge in [-0.1, -0.05) is 6.07 Å². The van der Waals surface area contributed by atoms with Crippen LogP contribution in [0.5, 0.6) is 0 Å². The van der Waals surface area contributed by atoms with Crippen molar-refractivity contribution in [3.8, 4) is 0 Å². The molecule has 2 heterocycles. The Morgan fingerprint density at radius 2 is 2.24 bits per heavy atom. The van der Waals surface area contributed by atoms with E-state index in [2.05, 4.69) is 9.71 Å². The number of aryl methyl sites for hydroxylation is 1. The number of sulfonamides is 1. The number of rotatable bonds is 5. The van der Waals surface area contributed by atoms with Crippen molar-refractivity contribution in [1.29, 1.82) is 0 Å². The second-order valence-corrected chi connectivity index (χ2v) is 7.94. The predicted molar refractivity (Wildman–Crippen MR) is 92.5 cm³/mol. The summed E-state index contributed by atoms with van der Waals surface area (Å²) in [6.45, 7) is 0. The van der Waals surface area contributed by atoms with Crippen LogP contribution < -0.4 is 4.72 Å². The molecular formula is C15H12FN3O4S2. The van der Waals surface area contributed by atoms with Gasteiger partial charge in [-0.15, -0.1) is 11.3 Å². The molecule has 25 heavy (non-hydrogen) atoms. The molecule has 0 spiro atoms. The molecule has 7 nitrogen and oxygen atoms in total. The number of imidazole rings is 1. The van der Waals surface area contributed by atoms with Crippen molar-refractivity contribution in [2.24, 2.45) is 7.05 Å². The molecule has 0 saturated carbocycles. The molecule has 0 radical (unpaired) electrons. The van der Waals surface area contributed by atoms with E-state index >= 15 is 0 Å². The van der Waals surface area contributed by atoms with Crippen LogP contribution in [0.4, 0.5) is 10.1 Å². The smallest absolute Gasteiger partial charge is 0.328 e. The molecule has 0 atom stereocenters. The fourth-order valence-corrected chi connectivity index (χ4v) is 4.32. The molecule has 3 aromatic rings. The molecule has 130 valence electrons. The first-order valence-electron chi connectivity index (χ1n) is 6.90. The third-order valence-electron chi connectivity index (χ3n) is 3.40. The number of nitrogens with zero attached hydrogens (tertiary/aromatic N) is 2. The summed E-state index contributed by atoms with van der Waals surface area (Å²) < 4.78 is 43.5. The first-order valence-corrected chi connectivity index (χ1v) is 9.27. The van der Waals surface area contributed by atoms with Crippen LogP contribution in [0.1, 0.15) is 5.56 Å². The first-order chi connectivity index (χ1) is 11.8. The lowest BCUT2D eigenvalue weighted by Crippen LogP contribution is -2.13. The number of halogens is 1. The number of hydrogen-bond donors (Lipinski definition) is 2. The average Bonchev–Trinajstić information content (AvgIpc) is 3.17. The van der Waals surface area contributed by atoms with Gasteiger partial charge in [0.1, 0.15) is 9.73 Å². The van der Waals surface area contributed by atoms with Crippen molar-refractivity contribution >= 4 is 50.1 Å². The lowest BCUT2D eigenvalue weighted by atomic mass is 10.1. The molecule has 2 N–H and O–H groups in total. The van der Waals surface area contributed by atoms with Crippen LogP contribution in [0, 0.1) is 5.82 Å². The first kappa shape index (κ1) is 17.1. The number of benzene rings is 1. The Bertz CT molecular complexity index is 1090. The number of carboxylic acids is 1. The molecule has 1 aromatic carbocycles. The van der Waals surface area contributed by atoms with Crippen LogP contribution >= 0.6 is 11.3 Å². The number of carboxylic acid groups (broad SMARTS) is 1. The summed E-state index contributed by atoms with van der Waals surface area (Å²) in [6, 6.07) is 4.41. The Morgan fingerprint density at radius 3 is 2.88 bits per heavy atom. The van der Waals surface area contributed by atoms with Gasteiger partial charge in [0.25, 0.3) is 10.0 Å². The van der Waals surface area contributed by atoms with Crippen molar-refractivity contribution in [2.45, 2.75) is 4.21 Å². The van der Waals surface area contributed by atoms with Gasteiger partial charge in [-0.25, -0.2) is 22.6 Å². The number of aliphatic carboxylic acids is 1. The topological polar surface area (TPSA) is 101 Å². The minimum atomic E-state index is -3.92. The minimum absolute atomic E-state index is 0.0200. The maximum atomic E-state index is 14.8. The fourth-order valence-electron chi connectivity index (χ4n) is 2.25. The zero-order valence-electron chi connectivity index (χ0n) is 12.8. The predicted octanol–water partition coefficient (Wildman–Crippen LogP) is 2.67. The van der Waals surface area contributed by atoms with Crippen molar-refractivity contribution in [2.75, 3.05) is 4.72 Å².